The standard InChI is InChI=1S/C23H33N3O2/c1-3-20-8-21-18(7-17(11-24-21)22(27)25-28)13-26(20)12-16-5-15-4-14(2)23(9-15)10-19(23)6-16/h7,11,14-16,19-20,28H,3-6,8-10,12-13H2,1-2H3,(H,25,27)/t14?,15?,16?,19?,20-,23-/m0/s1. The van der Waals surface area contributed by atoms with Crippen LogP contribution in [-0.2, 0) is 13.0 Å². The quantitative estimate of drug-likeness (QED) is 0.613. The Hall–Kier alpha value is -1.46. The van der Waals surface area contributed by atoms with Crippen LogP contribution < -0.4 is 5.48 Å². The first kappa shape index (κ1) is 18.6. The van der Waals surface area contributed by atoms with Gasteiger partial charge in [-0.3, -0.25) is 19.9 Å². The van der Waals surface area contributed by atoms with E-state index in [1.165, 1.54) is 38.6 Å². The number of hydrogen-bond acceptors (Lipinski definition) is 4. The van der Waals surface area contributed by atoms with E-state index in [0.29, 0.717) is 11.6 Å². The first-order valence-electron chi connectivity index (χ1n) is 11.2. The molecule has 0 aromatic carbocycles. The van der Waals surface area contributed by atoms with Crippen molar-refractivity contribution in [1.29, 1.82) is 0 Å². The minimum absolute atomic E-state index is 0.442. The number of carbonyl (C=O) groups excluding carboxylic acids is 1. The summed E-state index contributed by atoms with van der Waals surface area (Å²) in [4.78, 5) is 19.0. The van der Waals surface area contributed by atoms with Gasteiger partial charge in [0.05, 0.1) is 5.56 Å². The van der Waals surface area contributed by atoms with Gasteiger partial charge in [-0.05, 0) is 79.2 Å². The van der Waals surface area contributed by atoms with Gasteiger partial charge in [0, 0.05) is 37.4 Å². The lowest BCUT2D eigenvalue weighted by atomic mass is 9.85. The SMILES string of the molecule is CC[C@H]1Cc2ncc(C(=O)NO)cc2CN1CC1CC2CC(C)[C@]3(C2)CC3C1. The van der Waals surface area contributed by atoms with Crippen LogP contribution in [0.15, 0.2) is 12.3 Å². The van der Waals surface area contributed by atoms with Crippen LogP contribution in [0.4, 0.5) is 0 Å². The normalized spacial score (nSPS) is 39.0. The number of pyridine rings is 1. The molecular formula is C23H33N3O2. The zero-order valence-corrected chi connectivity index (χ0v) is 17.2. The fourth-order valence-electron chi connectivity index (χ4n) is 7.12. The van der Waals surface area contributed by atoms with Crippen LogP contribution in [0.25, 0.3) is 0 Å². The predicted molar refractivity (Wildman–Crippen MR) is 107 cm³/mol. The third kappa shape index (κ3) is 2.98. The minimum Gasteiger partial charge on any atom is -0.295 e. The van der Waals surface area contributed by atoms with Crippen LogP contribution in [-0.4, -0.2) is 33.6 Å². The van der Waals surface area contributed by atoms with Crippen molar-refractivity contribution in [3.8, 4) is 0 Å². The number of nitrogens with zero attached hydrogens (tertiary/aromatic N) is 2. The van der Waals surface area contributed by atoms with E-state index in [1.54, 1.807) is 11.7 Å². The number of amides is 1. The van der Waals surface area contributed by atoms with Crippen LogP contribution in [0.3, 0.4) is 0 Å². The monoisotopic (exact) mass is 383 g/mol. The van der Waals surface area contributed by atoms with E-state index in [-0.39, 0.29) is 0 Å². The lowest BCUT2D eigenvalue weighted by Crippen LogP contribution is -2.43. The maximum atomic E-state index is 11.8. The highest BCUT2D eigenvalue weighted by atomic mass is 16.5. The Kier molecular flexibility index (Phi) is 4.51. The van der Waals surface area contributed by atoms with E-state index in [2.05, 4.69) is 23.7 Å². The van der Waals surface area contributed by atoms with Crippen LogP contribution >= 0.6 is 0 Å². The van der Waals surface area contributed by atoms with Crippen molar-refractivity contribution in [3.63, 3.8) is 0 Å². The first-order chi connectivity index (χ1) is 13.5. The van der Waals surface area contributed by atoms with Gasteiger partial charge in [-0.1, -0.05) is 13.8 Å². The summed E-state index contributed by atoms with van der Waals surface area (Å²) < 4.78 is 0. The highest BCUT2D eigenvalue weighted by Gasteiger charge is 2.62. The Morgan fingerprint density at radius 2 is 2.21 bits per heavy atom. The van der Waals surface area contributed by atoms with Gasteiger partial charge >= 0.3 is 0 Å². The van der Waals surface area contributed by atoms with Gasteiger partial charge in [-0.25, -0.2) is 5.48 Å². The average molecular weight is 384 g/mol. The molecule has 5 heteroatoms. The molecule has 3 fully saturated rings. The van der Waals surface area contributed by atoms with E-state index in [9.17, 15) is 4.79 Å². The number of carbonyl (C=O) groups is 1. The molecule has 1 aliphatic heterocycles. The Bertz CT molecular complexity index is 777. The lowest BCUT2D eigenvalue weighted by molar-refractivity contribution is 0.0705. The molecule has 4 unspecified atom stereocenters. The number of nitrogens with one attached hydrogen (secondary N) is 1. The molecule has 3 aliphatic carbocycles. The molecule has 1 aromatic heterocycles. The van der Waals surface area contributed by atoms with Gasteiger partial charge in [-0.15, -0.1) is 0 Å². The summed E-state index contributed by atoms with van der Waals surface area (Å²) in [5.74, 6) is 3.23. The molecule has 6 atom stereocenters. The molecule has 1 aromatic rings. The van der Waals surface area contributed by atoms with Crippen LogP contribution in [0.2, 0.25) is 0 Å². The largest absolute Gasteiger partial charge is 0.295 e. The molecule has 5 rings (SSSR count). The number of fused-ring (bicyclic) bond motifs is 2. The third-order valence-corrected chi connectivity index (χ3v) is 8.61. The average Bonchev–Trinajstić information content (AvgIpc) is 3.30. The van der Waals surface area contributed by atoms with Crippen molar-refractivity contribution in [2.24, 2.45) is 29.1 Å². The van der Waals surface area contributed by atoms with E-state index in [1.807, 2.05) is 6.07 Å². The van der Waals surface area contributed by atoms with Gasteiger partial charge in [0.1, 0.15) is 0 Å². The van der Waals surface area contributed by atoms with Gasteiger partial charge in [0.15, 0.2) is 0 Å². The zero-order chi connectivity index (χ0) is 19.5. The number of aromatic nitrogens is 1. The van der Waals surface area contributed by atoms with Gasteiger partial charge in [0.2, 0.25) is 0 Å². The van der Waals surface area contributed by atoms with Crippen LogP contribution in [0.1, 0.15) is 74.0 Å². The van der Waals surface area contributed by atoms with Crippen molar-refractivity contribution in [1.82, 2.24) is 15.4 Å². The van der Waals surface area contributed by atoms with E-state index in [4.69, 9.17) is 5.21 Å². The minimum atomic E-state index is -0.479. The van der Waals surface area contributed by atoms with E-state index < -0.39 is 5.91 Å². The van der Waals surface area contributed by atoms with Crippen molar-refractivity contribution >= 4 is 5.91 Å². The Morgan fingerprint density at radius 3 is 3.00 bits per heavy atom. The summed E-state index contributed by atoms with van der Waals surface area (Å²) in [6.45, 7) is 6.84. The predicted octanol–water partition coefficient (Wildman–Crippen LogP) is 3.80. The van der Waals surface area contributed by atoms with Crippen molar-refractivity contribution in [2.45, 2.75) is 71.4 Å². The summed E-state index contributed by atoms with van der Waals surface area (Å²) >= 11 is 0. The number of hydrogen-bond donors (Lipinski definition) is 2. The molecule has 1 spiro atoms. The molecule has 0 radical (unpaired) electrons. The molecule has 152 valence electrons. The van der Waals surface area contributed by atoms with Gasteiger partial charge < -0.3 is 0 Å². The molecule has 28 heavy (non-hydrogen) atoms. The van der Waals surface area contributed by atoms with Crippen molar-refractivity contribution < 1.29 is 10.0 Å². The lowest BCUT2D eigenvalue weighted by Gasteiger charge is -2.38. The second-order valence-corrected chi connectivity index (χ2v) is 10.1. The Morgan fingerprint density at radius 1 is 1.36 bits per heavy atom. The maximum absolute atomic E-state index is 11.8. The zero-order valence-electron chi connectivity index (χ0n) is 17.2. The molecule has 3 saturated carbocycles. The van der Waals surface area contributed by atoms with Crippen LogP contribution in [0.5, 0.6) is 0 Å². The fraction of sp³-hybridized carbons (Fsp3) is 0.739. The summed E-state index contributed by atoms with van der Waals surface area (Å²) in [5, 5.41) is 8.93. The smallest absolute Gasteiger partial charge is 0.276 e. The summed E-state index contributed by atoms with van der Waals surface area (Å²) in [6.07, 6.45) is 11.0. The van der Waals surface area contributed by atoms with Gasteiger partial charge in [-0.2, -0.15) is 0 Å². The van der Waals surface area contributed by atoms with Crippen molar-refractivity contribution in [3.05, 3.63) is 29.1 Å². The molecule has 1 amide bonds. The topological polar surface area (TPSA) is 65.5 Å². The number of rotatable bonds is 4. The summed E-state index contributed by atoms with van der Waals surface area (Å²) in [5.41, 5.74) is 5.17. The van der Waals surface area contributed by atoms with Crippen LogP contribution in [0, 0.1) is 29.1 Å². The molecule has 2 bridgehead atoms. The molecule has 2 heterocycles. The molecular weight excluding hydrogens is 350 g/mol. The van der Waals surface area contributed by atoms with Crippen molar-refractivity contribution in [2.75, 3.05) is 6.54 Å². The summed E-state index contributed by atoms with van der Waals surface area (Å²) in [7, 11) is 0. The third-order valence-electron chi connectivity index (χ3n) is 8.61. The highest BCUT2D eigenvalue weighted by molar-refractivity contribution is 5.93. The number of hydroxylamine groups is 1. The second-order valence-electron chi connectivity index (χ2n) is 10.1. The Labute approximate surface area is 167 Å². The molecule has 0 saturated heterocycles. The van der Waals surface area contributed by atoms with E-state index >= 15 is 0 Å². The molecule has 5 nitrogen and oxygen atoms in total. The maximum Gasteiger partial charge on any atom is 0.276 e. The molecule has 4 aliphatic rings. The second kappa shape index (κ2) is 6.81. The molecule has 2 N–H and O–H groups in total. The van der Waals surface area contributed by atoms with E-state index in [0.717, 1.165) is 59.7 Å². The summed E-state index contributed by atoms with van der Waals surface area (Å²) in [6, 6.07) is 2.46. The highest BCUT2D eigenvalue weighted by Crippen LogP contribution is 2.71. The van der Waals surface area contributed by atoms with Gasteiger partial charge in [0.25, 0.3) is 5.91 Å². The first-order valence-corrected chi connectivity index (χ1v) is 11.2. The fourth-order valence-corrected chi connectivity index (χ4v) is 7.12. The Balaban J connectivity index is 1.32.